The third kappa shape index (κ3) is 3.95. The molecule has 0 atom stereocenters. The Kier molecular flexibility index (Phi) is 4.95. The zero-order valence-corrected chi connectivity index (χ0v) is 14.6. The molecule has 0 aliphatic rings. The van der Waals surface area contributed by atoms with Gasteiger partial charge >= 0.3 is 0 Å². The van der Waals surface area contributed by atoms with Crippen molar-refractivity contribution >= 4 is 22.4 Å². The quantitative estimate of drug-likeness (QED) is 0.734. The highest BCUT2D eigenvalue weighted by atomic mass is 32.1. The summed E-state index contributed by atoms with van der Waals surface area (Å²) in [4.78, 5) is 30.5. The summed E-state index contributed by atoms with van der Waals surface area (Å²) in [6.45, 7) is 4.49. The minimum atomic E-state index is -0.374. The third-order valence-electron chi connectivity index (χ3n) is 3.47. The Morgan fingerprint density at radius 1 is 1.32 bits per heavy atom. The van der Waals surface area contributed by atoms with Gasteiger partial charge in [-0.05, 0) is 32.0 Å². The molecule has 0 aliphatic heterocycles. The number of carbonyl (C=O) groups is 1. The number of ether oxygens (including phenoxy) is 1. The first-order valence-electron chi connectivity index (χ1n) is 7.76. The Balaban J connectivity index is 1.84. The molecule has 0 radical (unpaired) electrons. The molecule has 0 fully saturated rings. The van der Waals surface area contributed by atoms with E-state index in [4.69, 9.17) is 4.74 Å². The Morgan fingerprint density at radius 3 is 2.92 bits per heavy atom. The number of aromatic amines is 1. The summed E-state index contributed by atoms with van der Waals surface area (Å²) in [7, 11) is 0. The predicted molar refractivity (Wildman–Crippen MR) is 98.5 cm³/mol. The topological polar surface area (TPSA) is 84.1 Å². The Bertz CT molecular complexity index is 962. The molecule has 25 heavy (non-hydrogen) atoms. The summed E-state index contributed by atoms with van der Waals surface area (Å²) < 4.78 is 5.66. The van der Waals surface area contributed by atoms with Gasteiger partial charge in [-0.1, -0.05) is 11.6 Å². The maximum Gasteiger partial charge on any atom is 0.257 e. The smallest absolute Gasteiger partial charge is 0.257 e. The molecule has 0 saturated heterocycles. The molecule has 0 saturated carbocycles. The van der Waals surface area contributed by atoms with E-state index < -0.39 is 0 Å². The van der Waals surface area contributed by atoms with Crippen molar-refractivity contribution in [1.82, 2.24) is 9.97 Å². The van der Waals surface area contributed by atoms with E-state index in [2.05, 4.69) is 15.3 Å². The van der Waals surface area contributed by atoms with Crippen LogP contribution in [0.3, 0.4) is 0 Å². The van der Waals surface area contributed by atoms with Crippen LogP contribution in [0.1, 0.15) is 22.8 Å². The van der Waals surface area contributed by atoms with Crippen LogP contribution in [0.15, 0.2) is 46.7 Å². The zero-order valence-electron chi connectivity index (χ0n) is 13.8. The van der Waals surface area contributed by atoms with Crippen LogP contribution in [0.25, 0.3) is 11.3 Å². The SMILES string of the molecule is CCOc1ccc(C)cc1-c1csc(NC(=O)c2cc[nH]c(=O)c2)n1. The molecular weight excluding hydrogens is 338 g/mol. The lowest BCUT2D eigenvalue weighted by Gasteiger charge is -2.09. The van der Waals surface area contributed by atoms with Crippen molar-refractivity contribution in [2.75, 3.05) is 11.9 Å². The second-order valence-electron chi connectivity index (χ2n) is 5.37. The summed E-state index contributed by atoms with van der Waals surface area (Å²) in [5.74, 6) is 0.382. The normalized spacial score (nSPS) is 10.5. The molecule has 0 unspecified atom stereocenters. The van der Waals surface area contributed by atoms with E-state index >= 15 is 0 Å². The van der Waals surface area contributed by atoms with Gasteiger partial charge in [-0.3, -0.25) is 14.9 Å². The largest absolute Gasteiger partial charge is 0.493 e. The van der Waals surface area contributed by atoms with E-state index in [1.165, 1.54) is 23.6 Å². The fraction of sp³-hybridized carbons (Fsp3) is 0.167. The number of rotatable bonds is 5. The van der Waals surface area contributed by atoms with Gasteiger partial charge in [-0.15, -0.1) is 11.3 Å². The first-order chi connectivity index (χ1) is 12.1. The molecule has 6 nitrogen and oxygen atoms in total. The van der Waals surface area contributed by atoms with Crippen molar-refractivity contribution in [3.8, 4) is 17.0 Å². The Hall–Kier alpha value is -2.93. The predicted octanol–water partition coefficient (Wildman–Crippen LogP) is 3.46. The van der Waals surface area contributed by atoms with Crippen LogP contribution >= 0.6 is 11.3 Å². The van der Waals surface area contributed by atoms with Crippen molar-refractivity contribution in [1.29, 1.82) is 0 Å². The van der Waals surface area contributed by atoms with Crippen LogP contribution in [-0.2, 0) is 0 Å². The number of hydrogen-bond donors (Lipinski definition) is 2. The number of thiazole rings is 1. The van der Waals surface area contributed by atoms with Crippen LogP contribution in [0.5, 0.6) is 5.75 Å². The average molecular weight is 355 g/mol. The van der Waals surface area contributed by atoms with Gasteiger partial charge in [0, 0.05) is 28.8 Å². The molecular formula is C18H17N3O3S. The first-order valence-corrected chi connectivity index (χ1v) is 8.64. The van der Waals surface area contributed by atoms with Crippen molar-refractivity contribution in [3.63, 3.8) is 0 Å². The summed E-state index contributed by atoms with van der Waals surface area (Å²) in [6, 6.07) is 8.69. The van der Waals surface area contributed by atoms with Crippen LogP contribution in [0.2, 0.25) is 0 Å². The molecule has 128 valence electrons. The van der Waals surface area contributed by atoms with Gasteiger partial charge in [0.2, 0.25) is 5.56 Å². The first kappa shape index (κ1) is 16.9. The van der Waals surface area contributed by atoms with Gasteiger partial charge in [0.25, 0.3) is 5.91 Å². The van der Waals surface area contributed by atoms with Crippen LogP contribution < -0.4 is 15.6 Å². The summed E-state index contributed by atoms with van der Waals surface area (Å²) in [6.07, 6.45) is 1.44. The highest BCUT2D eigenvalue weighted by Gasteiger charge is 2.13. The fourth-order valence-corrected chi connectivity index (χ4v) is 3.04. The number of aromatic nitrogens is 2. The number of H-pyrrole nitrogens is 1. The lowest BCUT2D eigenvalue weighted by Crippen LogP contribution is -2.15. The molecule has 7 heteroatoms. The van der Waals surface area contributed by atoms with Crippen molar-refractivity contribution in [2.24, 2.45) is 0 Å². The minimum Gasteiger partial charge on any atom is -0.493 e. The monoisotopic (exact) mass is 355 g/mol. The number of amides is 1. The van der Waals surface area contributed by atoms with E-state index in [1.807, 2.05) is 37.4 Å². The van der Waals surface area contributed by atoms with Gasteiger partial charge in [0.05, 0.1) is 12.3 Å². The number of carbonyl (C=O) groups excluding carboxylic acids is 1. The average Bonchev–Trinajstić information content (AvgIpc) is 3.05. The lowest BCUT2D eigenvalue weighted by molar-refractivity contribution is 0.102. The van der Waals surface area contributed by atoms with E-state index in [0.717, 1.165) is 22.6 Å². The second-order valence-corrected chi connectivity index (χ2v) is 6.22. The molecule has 2 heterocycles. The summed E-state index contributed by atoms with van der Waals surface area (Å²) >= 11 is 1.32. The number of aryl methyl sites for hydroxylation is 1. The van der Waals surface area contributed by atoms with E-state index in [-0.39, 0.29) is 17.0 Å². The fourth-order valence-electron chi connectivity index (χ4n) is 2.34. The minimum absolute atomic E-state index is 0.283. The van der Waals surface area contributed by atoms with E-state index in [9.17, 15) is 9.59 Å². The summed E-state index contributed by atoms with van der Waals surface area (Å²) in [5, 5.41) is 5.04. The highest BCUT2D eigenvalue weighted by molar-refractivity contribution is 7.14. The van der Waals surface area contributed by atoms with Gasteiger partial charge in [-0.25, -0.2) is 4.98 Å². The van der Waals surface area contributed by atoms with E-state index in [1.54, 1.807) is 6.07 Å². The Labute approximate surface area is 148 Å². The number of nitrogens with one attached hydrogen (secondary N) is 2. The Morgan fingerprint density at radius 2 is 2.16 bits per heavy atom. The van der Waals surface area contributed by atoms with Gasteiger partial charge in [0.1, 0.15) is 5.75 Å². The van der Waals surface area contributed by atoms with Crippen molar-refractivity contribution < 1.29 is 9.53 Å². The molecule has 0 spiro atoms. The molecule has 2 aromatic heterocycles. The zero-order chi connectivity index (χ0) is 17.8. The van der Waals surface area contributed by atoms with Gasteiger partial charge in [-0.2, -0.15) is 0 Å². The number of pyridine rings is 1. The van der Waals surface area contributed by atoms with Gasteiger partial charge in [0.15, 0.2) is 5.13 Å². The van der Waals surface area contributed by atoms with E-state index in [0.29, 0.717) is 11.7 Å². The van der Waals surface area contributed by atoms with Crippen LogP contribution in [0, 0.1) is 6.92 Å². The molecule has 0 bridgehead atoms. The highest BCUT2D eigenvalue weighted by Crippen LogP contribution is 2.33. The standard InChI is InChI=1S/C18H17N3O3S/c1-3-24-15-5-4-11(2)8-13(15)14-10-25-18(20-14)21-17(23)12-6-7-19-16(22)9-12/h4-10H,3H2,1-2H3,(H,19,22)(H,20,21,23). The van der Waals surface area contributed by atoms with Crippen molar-refractivity contribution in [3.05, 3.63) is 63.4 Å². The lowest BCUT2D eigenvalue weighted by atomic mass is 10.1. The number of nitrogens with zero attached hydrogens (tertiary/aromatic N) is 1. The van der Waals surface area contributed by atoms with Crippen LogP contribution in [-0.4, -0.2) is 22.5 Å². The van der Waals surface area contributed by atoms with Crippen LogP contribution in [0.4, 0.5) is 5.13 Å². The summed E-state index contributed by atoms with van der Waals surface area (Å²) in [5.41, 5.74) is 2.67. The maximum atomic E-state index is 12.2. The molecule has 1 amide bonds. The molecule has 3 rings (SSSR count). The van der Waals surface area contributed by atoms with Crippen molar-refractivity contribution in [2.45, 2.75) is 13.8 Å². The third-order valence-corrected chi connectivity index (χ3v) is 4.23. The number of hydrogen-bond acceptors (Lipinski definition) is 5. The maximum absolute atomic E-state index is 12.2. The molecule has 1 aromatic carbocycles. The van der Waals surface area contributed by atoms with Gasteiger partial charge < -0.3 is 9.72 Å². The second kappa shape index (κ2) is 7.31. The molecule has 3 aromatic rings. The molecule has 0 aliphatic carbocycles. The molecule has 2 N–H and O–H groups in total. The number of anilines is 1. The number of benzene rings is 1.